The second-order valence-corrected chi connectivity index (χ2v) is 7.66. The van der Waals surface area contributed by atoms with Crippen molar-refractivity contribution in [3.63, 3.8) is 0 Å². The summed E-state index contributed by atoms with van der Waals surface area (Å²) >= 11 is 0. The van der Waals surface area contributed by atoms with E-state index in [9.17, 15) is 14.7 Å². The number of aliphatic hydroxyl groups excluding tert-OH is 1. The lowest BCUT2D eigenvalue weighted by Gasteiger charge is -2.21. The highest BCUT2D eigenvalue weighted by atomic mass is 16.7. The number of nitrogens with zero attached hydrogens (tertiary/aromatic N) is 1. The number of hydrogen-bond acceptors (Lipinski definition) is 4. The van der Waals surface area contributed by atoms with Crippen molar-refractivity contribution in [2.45, 2.75) is 104 Å². The summed E-state index contributed by atoms with van der Waals surface area (Å²) < 4.78 is 0. The molecule has 1 amide bonds. The molecule has 0 heterocycles. The molecule has 5 nitrogen and oxygen atoms in total. The quantitative estimate of drug-likeness (QED) is 0.311. The highest BCUT2D eigenvalue weighted by molar-refractivity contribution is 5.77. The molecule has 164 valence electrons. The van der Waals surface area contributed by atoms with E-state index in [2.05, 4.69) is 13.8 Å². The summed E-state index contributed by atoms with van der Waals surface area (Å²) in [7, 11) is 0. The van der Waals surface area contributed by atoms with Crippen LogP contribution in [0.25, 0.3) is 0 Å². The van der Waals surface area contributed by atoms with Gasteiger partial charge >= 0.3 is 5.97 Å². The van der Waals surface area contributed by atoms with E-state index >= 15 is 0 Å². The summed E-state index contributed by atoms with van der Waals surface area (Å²) in [5.41, 5.74) is 1.74. The third-order valence-electron chi connectivity index (χ3n) is 5.05. The first-order chi connectivity index (χ1) is 14.0. The maximum atomic E-state index is 12.2. The number of hydrogen-bond donors (Lipinski definition) is 1. The normalized spacial score (nSPS) is 11.9. The summed E-state index contributed by atoms with van der Waals surface area (Å²) in [5.74, 6) is -0.570. The monoisotopic (exact) mass is 405 g/mol. The van der Waals surface area contributed by atoms with Crippen LogP contribution in [0.3, 0.4) is 0 Å². The van der Waals surface area contributed by atoms with Crippen molar-refractivity contribution in [3.05, 3.63) is 35.4 Å². The van der Waals surface area contributed by atoms with Gasteiger partial charge in [0.15, 0.2) is 0 Å². The highest BCUT2D eigenvalue weighted by Gasteiger charge is 2.18. The van der Waals surface area contributed by atoms with Crippen molar-refractivity contribution in [2.24, 2.45) is 0 Å². The fourth-order valence-electron chi connectivity index (χ4n) is 3.15. The Kier molecular flexibility index (Phi) is 13.0. The summed E-state index contributed by atoms with van der Waals surface area (Å²) in [6, 6.07) is 7.53. The smallest absolute Gasteiger partial charge is 0.332 e. The molecule has 1 unspecified atom stereocenters. The predicted octanol–water partition coefficient (Wildman–Crippen LogP) is 5.86. The van der Waals surface area contributed by atoms with Gasteiger partial charge in [0.25, 0.3) is 5.91 Å². The maximum Gasteiger partial charge on any atom is 0.332 e. The van der Waals surface area contributed by atoms with E-state index in [0.717, 1.165) is 62.5 Å². The second kappa shape index (κ2) is 15.0. The van der Waals surface area contributed by atoms with Gasteiger partial charge in [-0.05, 0) is 24.0 Å². The first kappa shape index (κ1) is 25.2. The lowest BCUT2D eigenvalue weighted by molar-refractivity contribution is -0.200. The molecule has 0 aromatic heterocycles. The lowest BCUT2D eigenvalue weighted by Crippen LogP contribution is -2.32. The molecule has 0 aliphatic heterocycles. The van der Waals surface area contributed by atoms with Crippen molar-refractivity contribution >= 4 is 11.9 Å². The van der Waals surface area contributed by atoms with Gasteiger partial charge in [0.1, 0.15) is 0 Å². The van der Waals surface area contributed by atoms with Gasteiger partial charge in [-0.3, -0.25) is 4.79 Å². The standard InChI is InChI=1S/C24H39NO4/c1-4-7-9-10-12-14-24(28)29-25(23(27)6-3)19-20-15-17-21(18-16-20)22(26)13-11-8-5-2/h15-18,22,26H,4-14,19H2,1-3H3. The van der Waals surface area contributed by atoms with E-state index < -0.39 is 6.10 Å². The zero-order chi connectivity index (χ0) is 21.5. The Morgan fingerprint density at radius 3 is 2.17 bits per heavy atom. The molecule has 0 aliphatic carbocycles. The Bertz CT molecular complexity index is 585. The average Bonchev–Trinajstić information content (AvgIpc) is 2.73. The van der Waals surface area contributed by atoms with Crippen LogP contribution in [0.1, 0.15) is 109 Å². The number of amides is 1. The van der Waals surface area contributed by atoms with Crippen molar-refractivity contribution in [1.82, 2.24) is 5.06 Å². The summed E-state index contributed by atoms with van der Waals surface area (Å²) in [6.45, 7) is 6.27. The van der Waals surface area contributed by atoms with Crippen molar-refractivity contribution in [3.8, 4) is 0 Å². The van der Waals surface area contributed by atoms with Crippen molar-refractivity contribution in [1.29, 1.82) is 0 Å². The molecule has 1 atom stereocenters. The Morgan fingerprint density at radius 1 is 0.931 bits per heavy atom. The van der Waals surface area contributed by atoms with Crippen molar-refractivity contribution < 1.29 is 19.5 Å². The zero-order valence-corrected chi connectivity index (χ0v) is 18.5. The first-order valence-corrected chi connectivity index (χ1v) is 11.3. The minimum absolute atomic E-state index is 0.215. The van der Waals surface area contributed by atoms with E-state index in [1.165, 1.54) is 11.5 Å². The van der Waals surface area contributed by atoms with Gasteiger partial charge < -0.3 is 9.94 Å². The van der Waals surface area contributed by atoms with Crippen LogP contribution in [-0.2, 0) is 21.0 Å². The van der Waals surface area contributed by atoms with Gasteiger partial charge in [-0.25, -0.2) is 4.79 Å². The van der Waals surface area contributed by atoms with Crippen LogP contribution in [0.4, 0.5) is 0 Å². The molecular weight excluding hydrogens is 366 g/mol. The fraction of sp³-hybridized carbons (Fsp3) is 0.667. The van der Waals surface area contributed by atoms with Crippen LogP contribution in [0, 0.1) is 0 Å². The number of unbranched alkanes of at least 4 members (excludes halogenated alkanes) is 6. The zero-order valence-electron chi connectivity index (χ0n) is 18.5. The molecule has 1 rings (SSSR count). The van der Waals surface area contributed by atoms with Gasteiger partial charge in [0, 0.05) is 12.8 Å². The molecule has 0 radical (unpaired) electrons. The van der Waals surface area contributed by atoms with E-state index in [-0.39, 0.29) is 24.8 Å². The minimum Gasteiger partial charge on any atom is -0.388 e. The van der Waals surface area contributed by atoms with E-state index in [1.807, 2.05) is 24.3 Å². The van der Waals surface area contributed by atoms with Crippen LogP contribution >= 0.6 is 0 Å². The SMILES string of the molecule is CCCCCCCC(=O)ON(Cc1ccc(C(O)CCCCC)cc1)C(=O)CC. The first-order valence-electron chi connectivity index (χ1n) is 11.3. The Morgan fingerprint density at radius 2 is 1.55 bits per heavy atom. The molecule has 1 aromatic rings. The van der Waals surface area contributed by atoms with Gasteiger partial charge in [-0.15, -0.1) is 0 Å². The van der Waals surface area contributed by atoms with E-state index in [0.29, 0.717) is 6.42 Å². The van der Waals surface area contributed by atoms with Crippen LogP contribution in [-0.4, -0.2) is 22.0 Å². The number of carbonyl (C=O) groups excluding carboxylic acids is 2. The lowest BCUT2D eigenvalue weighted by atomic mass is 10.0. The van der Waals surface area contributed by atoms with E-state index in [4.69, 9.17) is 4.84 Å². The number of benzene rings is 1. The molecule has 1 N–H and O–H groups in total. The molecule has 0 spiro atoms. The van der Waals surface area contributed by atoms with Gasteiger partial charge in [-0.1, -0.05) is 90.0 Å². The second-order valence-electron chi connectivity index (χ2n) is 7.66. The predicted molar refractivity (Wildman–Crippen MR) is 116 cm³/mol. The number of hydroxylamine groups is 2. The van der Waals surface area contributed by atoms with Gasteiger partial charge in [0.2, 0.25) is 0 Å². The third-order valence-corrected chi connectivity index (χ3v) is 5.05. The van der Waals surface area contributed by atoms with Crippen LogP contribution in [0.5, 0.6) is 0 Å². The van der Waals surface area contributed by atoms with Gasteiger partial charge in [-0.2, -0.15) is 5.06 Å². The third kappa shape index (κ3) is 10.5. The summed E-state index contributed by atoms with van der Waals surface area (Å²) in [4.78, 5) is 29.7. The molecule has 0 saturated carbocycles. The fourth-order valence-corrected chi connectivity index (χ4v) is 3.15. The molecular formula is C24H39NO4. The molecule has 5 heteroatoms. The number of aliphatic hydroxyl groups is 1. The van der Waals surface area contributed by atoms with Gasteiger partial charge in [0.05, 0.1) is 12.6 Å². The Hall–Kier alpha value is -1.88. The Labute approximate surface area is 176 Å². The minimum atomic E-state index is -0.463. The van der Waals surface area contributed by atoms with Crippen LogP contribution < -0.4 is 0 Å². The molecule has 0 aliphatic rings. The number of carbonyl (C=O) groups is 2. The maximum absolute atomic E-state index is 12.2. The topological polar surface area (TPSA) is 66.8 Å². The molecule has 0 bridgehead atoms. The highest BCUT2D eigenvalue weighted by Crippen LogP contribution is 2.21. The molecule has 0 saturated heterocycles. The Balaban J connectivity index is 2.57. The molecule has 29 heavy (non-hydrogen) atoms. The summed E-state index contributed by atoms with van der Waals surface area (Å²) in [5, 5.41) is 11.4. The van der Waals surface area contributed by atoms with E-state index in [1.54, 1.807) is 6.92 Å². The molecule has 1 aromatic carbocycles. The molecule has 0 fully saturated rings. The van der Waals surface area contributed by atoms with Crippen LogP contribution in [0.2, 0.25) is 0 Å². The summed E-state index contributed by atoms with van der Waals surface area (Å²) in [6.07, 6.45) is 9.42. The van der Waals surface area contributed by atoms with Crippen molar-refractivity contribution in [2.75, 3.05) is 0 Å². The van der Waals surface area contributed by atoms with Crippen LogP contribution in [0.15, 0.2) is 24.3 Å². The average molecular weight is 406 g/mol. The largest absolute Gasteiger partial charge is 0.388 e. The number of rotatable bonds is 14.